The maximum atomic E-state index is 11.4. The Morgan fingerprint density at radius 1 is 1.69 bits per heavy atom. The molecule has 0 atom stereocenters. The second kappa shape index (κ2) is 4.11. The van der Waals surface area contributed by atoms with Gasteiger partial charge in [0.05, 0.1) is 25.9 Å². The number of hydrogen-bond acceptors (Lipinski definition) is 4. The molecule has 5 heteroatoms. The number of amides is 1. The van der Waals surface area contributed by atoms with Crippen molar-refractivity contribution in [3.8, 4) is 18.2 Å². The van der Waals surface area contributed by atoms with Gasteiger partial charge in [-0.2, -0.15) is 4.98 Å². The lowest BCUT2D eigenvalue weighted by atomic mass is 10.2. The average molecular weight is 217 g/mol. The van der Waals surface area contributed by atoms with E-state index in [4.69, 9.17) is 11.2 Å². The number of rotatable bonds is 2. The number of fused-ring (bicyclic) bond motifs is 1. The van der Waals surface area contributed by atoms with Crippen molar-refractivity contribution < 1.29 is 9.53 Å². The Balaban J connectivity index is 2.41. The van der Waals surface area contributed by atoms with E-state index >= 15 is 0 Å². The van der Waals surface area contributed by atoms with E-state index in [1.807, 2.05) is 0 Å². The van der Waals surface area contributed by atoms with E-state index in [2.05, 4.69) is 16.2 Å². The first-order chi connectivity index (χ1) is 7.74. The van der Waals surface area contributed by atoms with E-state index in [1.165, 1.54) is 0 Å². The van der Waals surface area contributed by atoms with Crippen LogP contribution >= 0.6 is 0 Å². The zero-order valence-electron chi connectivity index (χ0n) is 8.86. The van der Waals surface area contributed by atoms with Crippen molar-refractivity contribution in [2.24, 2.45) is 0 Å². The molecule has 0 bridgehead atoms. The van der Waals surface area contributed by atoms with Crippen LogP contribution < -0.4 is 15.0 Å². The number of nitrogens with one attached hydrogen (secondary N) is 1. The zero-order chi connectivity index (χ0) is 11.5. The summed E-state index contributed by atoms with van der Waals surface area (Å²) in [6.07, 6.45) is 5.25. The third-order valence-electron chi connectivity index (χ3n) is 2.25. The van der Waals surface area contributed by atoms with Gasteiger partial charge in [0.2, 0.25) is 11.8 Å². The second-order valence-corrected chi connectivity index (χ2v) is 3.33. The number of anilines is 2. The van der Waals surface area contributed by atoms with Crippen molar-refractivity contribution in [3.05, 3.63) is 12.1 Å². The number of hydrogen-bond donors (Lipinski definition) is 1. The lowest BCUT2D eigenvalue weighted by Gasteiger charge is -2.28. The molecular formula is C11H11N3O2. The Kier molecular flexibility index (Phi) is 2.64. The number of aromatic nitrogens is 1. The van der Waals surface area contributed by atoms with Crippen molar-refractivity contribution in [2.45, 2.75) is 0 Å². The third-order valence-corrected chi connectivity index (χ3v) is 2.25. The van der Waals surface area contributed by atoms with Crippen molar-refractivity contribution in [1.29, 1.82) is 0 Å². The van der Waals surface area contributed by atoms with Crippen molar-refractivity contribution in [1.82, 2.24) is 4.98 Å². The normalized spacial score (nSPS) is 13.8. The van der Waals surface area contributed by atoms with Gasteiger partial charge in [0, 0.05) is 6.07 Å². The van der Waals surface area contributed by atoms with Crippen LogP contribution in [-0.4, -0.2) is 31.1 Å². The maximum Gasteiger partial charge on any atom is 0.244 e. The molecule has 16 heavy (non-hydrogen) atoms. The van der Waals surface area contributed by atoms with Gasteiger partial charge in [-0.1, -0.05) is 5.92 Å². The Bertz CT molecular complexity index is 465. The highest BCUT2D eigenvalue weighted by molar-refractivity contribution is 6.00. The van der Waals surface area contributed by atoms with Gasteiger partial charge in [-0.3, -0.25) is 4.79 Å². The molecule has 1 N–H and O–H groups in total. The molecule has 2 heterocycles. The number of methoxy groups -OCH3 is 1. The Morgan fingerprint density at radius 3 is 3.19 bits per heavy atom. The van der Waals surface area contributed by atoms with Crippen LogP contribution in [0.4, 0.5) is 11.5 Å². The van der Waals surface area contributed by atoms with Crippen molar-refractivity contribution in [3.63, 3.8) is 0 Å². The summed E-state index contributed by atoms with van der Waals surface area (Å²) in [6, 6.07) is 3.44. The molecule has 0 spiro atoms. The quantitative estimate of drug-likeness (QED) is 0.732. The zero-order valence-corrected chi connectivity index (χ0v) is 8.86. The summed E-state index contributed by atoms with van der Waals surface area (Å²) in [5.74, 6) is 3.56. The van der Waals surface area contributed by atoms with Crippen LogP contribution in [0.25, 0.3) is 0 Å². The first-order valence-electron chi connectivity index (χ1n) is 4.78. The van der Waals surface area contributed by atoms with Gasteiger partial charge >= 0.3 is 0 Å². The summed E-state index contributed by atoms with van der Waals surface area (Å²) in [6.45, 7) is 0.567. The van der Waals surface area contributed by atoms with E-state index in [1.54, 1.807) is 24.1 Å². The molecule has 5 nitrogen and oxygen atoms in total. The van der Waals surface area contributed by atoms with Crippen LogP contribution in [-0.2, 0) is 4.79 Å². The lowest BCUT2D eigenvalue weighted by Crippen LogP contribution is -2.39. The molecule has 1 aliphatic heterocycles. The molecule has 0 aromatic carbocycles. The number of carbonyl (C=O) groups excluding carboxylic acids is 1. The molecule has 2 rings (SSSR count). The first kappa shape index (κ1) is 10.3. The van der Waals surface area contributed by atoms with E-state index in [0.29, 0.717) is 23.9 Å². The molecule has 0 aliphatic carbocycles. The van der Waals surface area contributed by atoms with Gasteiger partial charge in [0.15, 0.2) is 5.82 Å². The third kappa shape index (κ3) is 1.77. The number of nitrogens with zero attached hydrogens (tertiary/aromatic N) is 2. The van der Waals surface area contributed by atoms with Crippen LogP contribution in [0.15, 0.2) is 12.1 Å². The minimum absolute atomic E-state index is 0.0882. The van der Waals surface area contributed by atoms with Gasteiger partial charge in [0.1, 0.15) is 0 Å². The predicted molar refractivity (Wildman–Crippen MR) is 60.5 cm³/mol. The van der Waals surface area contributed by atoms with E-state index < -0.39 is 0 Å². The molecular weight excluding hydrogens is 206 g/mol. The van der Waals surface area contributed by atoms with Crippen LogP contribution in [0, 0.1) is 12.3 Å². The summed E-state index contributed by atoms with van der Waals surface area (Å²) in [5, 5.41) is 2.73. The molecule has 1 aliphatic rings. The fraction of sp³-hybridized carbons (Fsp3) is 0.273. The van der Waals surface area contributed by atoms with E-state index in [0.717, 1.165) is 0 Å². The second-order valence-electron chi connectivity index (χ2n) is 3.33. The summed E-state index contributed by atoms with van der Waals surface area (Å²) >= 11 is 0. The largest absolute Gasteiger partial charge is 0.481 e. The van der Waals surface area contributed by atoms with E-state index in [9.17, 15) is 4.79 Å². The van der Waals surface area contributed by atoms with Crippen LogP contribution in [0.3, 0.4) is 0 Å². The molecule has 1 amide bonds. The van der Waals surface area contributed by atoms with Gasteiger partial charge in [-0.25, -0.2) is 0 Å². The summed E-state index contributed by atoms with van der Waals surface area (Å²) in [7, 11) is 1.54. The van der Waals surface area contributed by atoms with Crippen LogP contribution in [0.1, 0.15) is 0 Å². The van der Waals surface area contributed by atoms with Gasteiger partial charge < -0.3 is 15.0 Å². The molecule has 0 radical (unpaired) electrons. The molecule has 82 valence electrons. The van der Waals surface area contributed by atoms with Crippen molar-refractivity contribution in [2.75, 3.05) is 30.4 Å². The molecule has 1 aromatic heterocycles. The Morgan fingerprint density at radius 2 is 2.50 bits per heavy atom. The molecule has 0 unspecified atom stereocenters. The van der Waals surface area contributed by atoms with Gasteiger partial charge in [0.25, 0.3) is 0 Å². The summed E-state index contributed by atoms with van der Waals surface area (Å²) < 4.78 is 5.03. The average Bonchev–Trinajstić information content (AvgIpc) is 2.29. The lowest BCUT2D eigenvalue weighted by molar-refractivity contribution is -0.115. The number of carbonyl (C=O) groups is 1. The Labute approximate surface area is 93.4 Å². The monoisotopic (exact) mass is 217 g/mol. The highest BCUT2D eigenvalue weighted by Crippen LogP contribution is 2.28. The number of pyridine rings is 1. The van der Waals surface area contributed by atoms with Gasteiger partial charge in [-0.15, -0.1) is 6.42 Å². The molecule has 0 fully saturated rings. The number of ether oxygens (including phenoxy) is 1. The summed E-state index contributed by atoms with van der Waals surface area (Å²) in [5.41, 5.74) is 0.660. The first-order valence-corrected chi connectivity index (χ1v) is 4.78. The highest BCUT2D eigenvalue weighted by Gasteiger charge is 2.22. The fourth-order valence-corrected chi connectivity index (χ4v) is 1.56. The maximum absolute atomic E-state index is 11.4. The smallest absolute Gasteiger partial charge is 0.244 e. The standard InChI is InChI=1S/C11H11N3O2/c1-3-6-14-7-9(15)12-8-4-5-10(16-2)13-11(8)14/h1,4-5H,6-7H2,2H3,(H,12,15). The van der Waals surface area contributed by atoms with Crippen molar-refractivity contribution >= 4 is 17.4 Å². The number of terminal acetylenes is 1. The fourth-order valence-electron chi connectivity index (χ4n) is 1.56. The SMILES string of the molecule is C#CCN1CC(=O)Nc2ccc(OC)nc21. The molecule has 1 aromatic rings. The minimum atomic E-state index is -0.0882. The highest BCUT2D eigenvalue weighted by atomic mass is 16.5. The molecule has 0 saturated carbocycles. The minimum Gasteiger partial charge on any atom is -0.481 e. The Hall–Kier alpha value is -2.22. The predicted octanol–water partition coefficient (Wildman–Crippen LogP) is 0.482. The van der Waals surface area contributed by atoms with E-state index in [-0.39, 0.29) is 12.5 Å². The van der Waals surface area contributed by atoms with Crippen LogP contribution in [0.2, 0.25) is 0 Å². The summed E-state index contributed by atoms with van der Waals surface area (Å²) in [4.78, 5) is 17.4. The van der Waals surface area contributed by atoms with Crippen LogP contribution in [0.5, 0.6) is 5.88 Å². The van der Waals surface area contributed by atoms with Gasteiger partial charge in [-0.05, 0) is 6.07 Å². The molecule has 0 saturated heterocycles. The topological polar surface area (TPSA) is 54.5 Å².